The SMILES string of the molecule is COc1cc(OC)c(OC)cc1/C=C(/NC(=O)c1ccccc1)C(=O)Nc1cccc(SC(C)C(=O)Nc2cc(C(=O)O)ccc2Cl)c1. The van der Waals surface area contributed by atoms with E-state index in [9.17, 15) is 24.3 Å². The lowest BCUT2D eigenvalue weighted by Crippen LogP contribution is -2.30. The van der Waals surface area contributed by atoms with E-state index in [4.69, 9.17) is 25.8 Å². The van der Waals surface area contributed by atoms with Crippen molar-refractivity contribution in [3.05, 3.63) is 112 Å². The van der Waals surface area contributed by atoms with Gasteiger partial charge in [-0.2, -0.15) is 0 Å². The van der Waals surface area contributed by atoms with Crippen LogP contribution in [0.1, 0.15) is 33.2 Å². The first-order chi connectivity index (χ1) is 23.0. The highest BCUT2D eigenvalue weighted by atomic mass is 35.5. The first-order valence-electron chi connectivity index (χ1n) is 14.3. The Bertz CT molecular complexity index is 1870. The predicted octanol–water partition coefficient (Wildman–Crippen LogP) is 6.59. The van der Waals surface area contributed by atoms with Crippen LogP contribution in [-0.2, 0) is 9.59 Å². The monoisotopic (exact) mass is 689 g/mol. The highest BCUT2D eigenvalue weighted by Gasteiger charge is 2.20. The molecule has 4 N–H and O–H groups in total. The Hall–Kier alpha value is -5.46. The molecule has 0 bridgehead atoms. The van der Waals surface area contributed by atoms with Crippen LogP contribution in [0.15, 0.2) is 95.5 Å². The maximum atomic E-state index is 13.7. The summed E-state index contributed by atoms with van der Waals surface area (Å²) in [5.41, 5.74) is 1.26. The van der Waals surface area contributed by atoms with Gasteiger partial charge in [-0.1, -0.05) is 35.9 Å². The molecule has 4 aromatic carbocycles. The lowest BCUT2D eigenvalue weighted by atomic mass is 10.1. The van der Waals surface area contributed by atoms with E-state index in [-0.39, 0.29) is 22.0 Å². The van der Waals surface area contributed by atoms with Crippen LogP contribution in [0, 0.1) is 0 Å². The van der Waals surface area contributed by atoms with Gasteiger partial charge in [-0.15, -0.1) is 11.8 Å². The van der Waals surface area contributed by atoms with E-state index in [1.807, 2.05) is 0 Å². The number of ether oxygens (including phenoxy) is 3. The molecule has 13 heteroatoms. The van der Waals surface area contributed by atoms with Crippen LogP contribution in [-0.4, -0.2) is 55.4 Å². The van der Waals surface area contributed by atoms with Gasteiger partial charge in [0.05, 0.1) is 42.9 Å². The summed E-state index contributed by atoms with van der Waals surface area (Å²) in [6.45, 7) is 1.68. The number of halogens is 1. The number of rotatable bonds is 13. The number of nitrogens with one attached hydrogen (secondary N) is 3. The molecule has 0 aromatic heterocycles. The molecule has 248 valence electrons. The lowest BCUT2D eigenvalue weighted by Gasteiger charge is -2.16. The van der Waals surface area contributed by atoms with E-state index in [1.54, 1.807) is 73.7 Å². The van der Waals surface area contributed by atoms with Crippen molar-refractivity contribution < 1.29 is 38.5 Å². The third-order valence-electron chi connectivity index (χ3n) is 6.81. The third kappa shape index (κ3) is 9.08. The molecular formula is C35H32ClN3O8S. The molecule has 3 amide bonds. The molecule has 0 saturated heterocycles. The normalized spacial score (nSPS) is 11.6. The number of anilines is 2. The van der Waals surface area contributed by atoms with Crippen molar-refractivity contribution in [2.75, 3.05) is 32.0 Å². The van der Waals surface area contributed by atoms with Crippen LogP contribution in [0.4, 0.5) is 11.4 Å². The number of amides is 3. The van der Waals surface area contributed by atoms with Gasteiger partial charge in [-0.3, -0.25) is 14.4 Å². The second kappa shape index (κ2) is 16.4. The highest BCUT2D eigenvalue weighted by molar-refractivity contribution is 8.00. The van der Waals surface area contributed by atoms with Crippen LogP contribution in [0.2, 0.25) is 5.02 Å². The zero-order valence-electron chi connectivity index (χ0n) is 26.3. The Morgan fingerprint density at radius 3 is 2.15 bits per heavy atom. The minimum atomic E-state index is -1.15. The fraction of sp³-hybridized carbons (Fsp3) is 0.143. The fourth-order valence-corrected chi connectivity index (χ4v) is 5.45. The van der Waals surface area contributed by atoms with E-state index in [2.05, 4.69) is 16.0 Å². The molecule has 0 heterocycles. The fourth-order valence-electron chi connectivity index (χ4n) is 4.36. The van der Waals surface area contributed by atoms with Crippen molar-refractivity contribution in [1.29, 1.82) is 0 Å². The van der Waals surface area contributed by atoms with Crippen LogP contribution in [0.3, 0.4) is 0 Å². The maximum absolute atomic E-state index is 13.7. The molecule has 11 nitrogen and oxygen atoms in total. The van der Waals surface area contributed by atoms with Gasteiger partial charge in [0, 0.05) is 27.8 Å². The molecule has 4 rings (SSSR count). The summed E-state index contributed by atoms with van der Waals surface area (Å²) in [4.78, 5) is 51.8. The molecule has 0 spiro atoms. The largest absolute Gasteiger partial charge is 0.496 e. The summed E-state index contributed by atoms with van der Waals surface area (Å²) in [7, 11) is 4.43. The van der Waals surface area contributed by atoms with E-state index in [0.717, 1.165) is 0 Å². The molecule has 0 saturated carbocycles. The Balaban J connectivity index is 1.57. The average molecular weight is 690 g/mol. The summed E-state index contributed by atoms with van der Waals surface area (Å²) >= 11 is 7.37. The van der Waals surface area contributed by atoms with Crippen LogP contribution < -0.4 is 30.2 Å². The molecule has 48 heavy (non-hydrogen) atoms. The summed E-state index contributed by atoms with van der Waals surface area (Å²) in [6, 6.07) is 22.5. The number of hydrogen-bond acceptors (Lipinski definition) is 8. The maximum Gasteiger partial charge on any atom is 0.335 e. The number of aromatic carboxylic acids is 1. The predicted molar refractivity (Wildman–Crippen MR) is 185 cm³/mol. The Kier molecular flexibility index (Phi) is 12.1. The first kappa shape index (κ1) is 35.4. The van der Waals surface area contributed by atoms with Gasteiger partial charge in [0.25, 0.3) is 11.8 Å². The number of hydrogen-bond donors (Lipinski definition) is 4. The van der Waals surface area contributed by atoms with Crippen molar-refractivity contribution in [1.82, 2.24) is 5.32 Å². The van der Waals surface area contributed by atoms with E-state index in [0.29, 0.717) is 39.0 Å². The molecular weight excluding hydrogens is 658 g/mol. The molecule has 1 atom stereocenters. The average Bonchev–Trinajstić information content (AvgIpc) is 3.08. The summed E-state index contributed by atoms with van der Waals surface area (Å²) in [5.74, 6) is -1.51. The second-order valence-corrected chi connectivity index (χ2v) is 11.9. The minimum absolute atomic E-state index is 0.0172. The Labute approximate surface area is 286 Å². The topological polar surface area (TPSA) is 152 Å². The van der Waals surface area contributed by atoms with Crippen molar-refractivity contribution in [3.8, 4) is 17.2 Å². The third-order valence-corrected chi connectivity index (χ3v) is 8.23. The Morgan fingerprint density at radius 1 is 0.792 bits per heavy atom. The van der Waals surface area contributed by atoms with E-state index < -0.39 is 28.9 Å². The zero-order chi connectivity index (χ0) is 34.8. The molecule has 1 unspecified atom stereocenters. The van der Waals surface area contributed by atoms with Gasteiger partial charge in [0.2, 0.25) is 5.91 Å². The number of methoxy groups -OCH3 is 3. The van der Waals surface area contributed by atoms with Gasteiger partial charge in [-0.05, 0) is 67.6 Å². The van der Waals surface area contributed by atoms with Crippen molar-refractivity contribution >= 4 is 64.5 Å². The van der Waals surface area contributed by atoms with Gasteiger partial charge in [0.1, 0.15) is 11.4 Å². The number of carbonyl (C=O) groups is 4. The van der Waals surface area contributed by atoms with Crippen LogP contribution in [0.25, 0.3) is 6.08 Å². The summed E-state index contributed by atoms with van der Waals surface area (Å²) < 4.78 is 16.3. The second-order valence-electron chi connectivity index (χ2n) is 10.1. The number of thioether (sulfide) groups is 1. The van der Waals surface area contributed by atoms with E-state index >= 15 is 0 Å². The zero-order valence-corrected chi connectivity index (χ0v) is 27.9. The first-order valence-corrected chi connectivity index (χ1v) is 15.6. The minimum Gasteiger partial charge on any atom is -0.496 e. The molecule has 0 fully saturated rings. The smallest absolute Gasteiger partial charge is 0.335 e. The number of carbonyl (C=O) groups excluding carboxylic acids is 3. The molecule has 4 aromatic rings. The van der Waals surface area contributed by atoms with Crippen molar-refractivity contribution in [3.63, 3.8) is 0 Å². The highest BCUT2D eigenvalue weighted by Crippen LogP contribution is 2.36. The summed E-state index contributed by atoms with van der Waals surface area (Å²) in [6.07, 6.45) is 1.46. The standard InChI is InChI=1S/C35H32ClN3O8S/c1-20(32(40)38-27-15-22(35(43)44)13-14-26(27)36)48-25-12-8-11-24(18-25)37-34(42)28(39-33(41)21-9-6-5-7-10-21)16-23-17-30(46-3)31(47-4)19-29(23)45-2/h5-20H,1-4H3,(H,37,42)(H,38,40)(H,39,41)(H,43,44)/b28-16+. The molecule has 0 aliphatic carbocycles. The number of carboxylic acids is 1. The number of benzene rings is 4. The van der Waals surface area contributed by atoms with Crippen LogP contribution >= 0.6 is 23.4 Å². The number of carboxylic acid groups (broad SMARTS) is 1. The van der Waals surface area contributed by atoms with Gasteiger partial charge < -0.3 is 35.3 Å². The lowest BCUT2D eigenvalue weighted by molar-refractivity contribution is -0.115. The van der Waals surface area contributed by atoms with Gasteiger partial charge in [0.15, 0.2) is 11.5 Å². The van der Waals surface area contributed by atoms with E-state index in [1.165, 1.54) is 57.4 Å². The molecule has 0 aliphatic heterocycles. The molecule has 0 radical (unpaired) electrons. The van der Waals surface area contributed by atoms with Gasteiger partial charge in [-0.25, -0.2) is 4.79 Å². The van der Waals surface area contributed by atoms with Crippen molar-refractivity contribution in [2.24, 2.45) is 0 Å². The molecule has 0 aliphatic rings. The van der Waals surface area contributed by atoms with Crippen LogP contribution in [0.5, 0.6) is 17.2 Å². The van der Waals surface area contributed by atoms with Crippen molar-refractivity contribution in [2.45, 2.75) is 17.1 Å². The quantitative estimate of drug-likeness (QED) is 0.0899. The summed E-state index contributed by atoms with van der Waals surface area (Å²) in [5, 5.41) is 17.0. The van der Waals surface area contributed by atoms with Gasteiger partial charge >= 0.3 is 5.97 Å². The Morgan fingerprint density at radius 2 is 1.48 bits per heavy atom.